The van der Waals surface area contributed by atoms with E-state index in [1.807, 2.05) is 13.8 Å². The summed E-state index contributed by atoms with van der Waals surface area (Å²) < 4.78 is 5.22. The highest BCUT2D eigenvalue weighted by molar-refractivity contribution is 5.94. The molecule has 2 aliphatic rings. The van der Waals surface area contributed by atoms with E-state index < -0.39 is 0 Å². The van der Waals surface area contributed by atoms with Crippen LogP contribution in [0.25, 0.3) is 0 Å². The summed E-state index contributed by atoms with van der Waals surface area (Å²) in [6.45, 7) is 3.87. The highest BCUT2D eigenvalue weighted by Crippen LogP contribution is 2.56. The highest BCUT2D eigenvalue weighted by Gasteiger charge is 2.62. The average molecular weight is 196 g/mol. The quantitative estimate of drug-likeness (QED) is 0.643. The number of hydrogen-bond acceptors (Lipinski definition) is 3. The van der Waals surface area contributed by atoms with Gasteiger partial charge in [-0.25, -0.2) is 0 Å². The predicted molar refractivity (Wildman–Crippen MR) is 50.6 cm³/mol. The van der Waals surface area contributed by atoms with Crippen LogP contribution in [0.3, 0.4) is 0 Å². The number of ketones is 1. The molecule has 2 fully saturated rings. The Kier molecular flexibility index (Phi) is 2.33. The molecule has 0 heterocycles. The molecule has 0 N–H and O–H groups in total. The minimum Gasteiger partial charge on any atom is -0.462 e. The number of hydrogen-bond donors (Lipinski definition) is 0. The maximum absolute atomic E-state index is 11.6. The van der Waals surface area contributed by atoms with Crippen LogP contribution in [0, 0.1) is 17.8 Å². The molecule has 0 bridgehead atoms. The SMILES string of the molecule is CCC(C)OC(=O)[C@H]1[C@@H]2CCC(=O)[C@@H]21. The molecular formula is C11H16O3. The molecule has 3 heteroatoms. The molecule has 14 heavy (non-hydrogen) atoms. The van der Waals surface area contributed by atoms with Crippen LogP contribution >= 0.6 is 0 Å². The van der Waals surface area contributed by atoms with Gasteiger partial charge >= 0.3 is 5.97 Å². The number of fused-ring (bicyclic) bond motifs is 1. The molecule has 0 aromatic rings. The van der Waals surface area contributed by atoms with Crippen molar-refractivity contribution in [2.75, 3.05) is 0 Å². The lowest BCUT2D eigenvalue weighted by Gasteiger charge is -2.11. The lowest BCUT2D eigenvalue weighted by atomic mass is 10.1. The largest absolute Gasteiger partial charge is 0.462 e. The molecule has 0 saturated heterocycles. The number of ether oxygens (including phenoxy) is 1. The summed E-state index contributed by atoms with van der Waals surface area (Å²) in [5.41, 5.74) is 0. The summed E-state index contributed by atoms with van der Waals surface area (Å²) in [6.07, 6.45) is 2.38. The van der Waals surface area contributed by atoms with Crippen LogP contribution in [-0.2, 0) is 14.3 Å². The Morgan fingerprint density at radius 1 is 1.64 bits per heavy atom. The van der Waals surface area contributed by atoms with E-state index in [0.29, 0.717) is 12.3 Å². The molecule has 2 rings (SSSR count). The van der Waals surface area contributed by atoms with Crippen molar-refractivity contribution in [1.29, 1.82) is 0 Å². The Morgan fingerprint density at radius 3 is 2.86 bits per heavy atom. The van der Waals surface area contributed by atoms with Gasteiger partial charge in [0.25, 0.3) is 0 Å². The third kappa shape index (κ3) is 1.45. The van der Waals surface area contributed by atoms with Gasteiger partial charge < -0.3 is 4.74 Å². The van der Waals surface area contributed by atoms with Crippen molar-refractivity contribution in [2.24, 2.45) is 17.8 Å². The maximum atomic E-state index is 11.6. The Labute approximate surface area is 83.8 Å². The highest BCUT2D eigenvalue weighted by atomic mass is 16.5. The van der Waals surface area contributed by atoms with Gasteiger partial charge in [0, 0.05) is 12.3 Å². The van der Waals surface area contributed by atoms with Crippen LogP contribution < -0.4 is 0 Å². The van der Waals surface area contributed by atoms with E-state index in [9.17, 15) is 9.59 Å². The van der Waals surface area contributed by atoms with Crippen LogP contribution in [0.1, 0.15) is 33.1 Å². The summed E-state index contributed by atoms with van der Waals surface area (Å²) in [4.78, 5) is 22.8. The lowest BCUT2D eigenvalue weighted by molar-refractivity contribution is -0.151. The van der Waals surface area contributed by atoms with Crippen LogP contribution in [0.4, 0.5) is 0 Å². The standard InChI is InChI=1S/C11H16O3/c1-3-6(2)14-11(13)10-7-4-5-8(12)9(7)10/h6-7,9-10H,3-5H2,1-2H3/t6?,7-,9-,10+/m1/s1. The van der Waals surface area contributed by atoms with Gasteiger partial charge in [0.1, 0.15) is 5.78 Å². The zero-order valence-electron chi connectivity index (χ0n) is 8.66. The normalized spacial score (nSPS) is 36.4. The number of carbonyl (C=O) groups excluding carboxylic acids is 2. The molecule has 4 atom stereocenters. The van der Waals surface area contributed by atoms with Crippen molar-refractivity contribution in [2.45, 2.75) is 39.2 Å². The molecule has 0 aromatic heterocycles. The molecular weight excluding hydrogens is 180 g/mol. The molecule has 3 nitrogen and oxygen atoms in total. The summed E-state index contributed by atoms with van der Waals surface area (Å²) in [7, 11) is 0. The van der Waals surface area contributed by atoms with Gasteiger partial charge in [-0.15, -0.1) is 0 Å². The monoisotopic (exact) mass is 196 g/mol. The van der Waals surface area contributed by atoms with Crippen molar-refractivity contribution >= 4 is 11.8 Å². The van der Waals surface area contributed by atoms with E-state index in [-0.39, 0.29) is 29.7 Å². The van der Waals surface area contributed by atoms with Crippen LogP contribution in [-0.4, -0.2) is 17.9 Å². The maximum Gasteiger partial charge on any atom is 0.310 e. The average Bonchev–Trinajstić information content (AvgIpc) is 2.78. The smallest absolute Gasteiger partial charge is 0.310 e. The van der Waals surface area contributed by atoms with Crippen LogP contribution in [0.15, 0.2) is 0 Å². The molecule has 2 saturated carbocycles. The lowest BCUT2D eigenvalue weighted by Crippen LogP contribution is -2.18. The van der Waals surface area contributed by atoms with E-state index in [2.05, 4.69) is 0 Å². The van der Waals surface area contributed by atoms with Gasteiger partial charge in [-0.3, -0.25) is 9.59 Å². The fourth-order valence-corrected chi connectivity index (χ4v) is 2.33. The van der Waals surface area contributed by atoms with Gasteiger partial charge in [-0.2, -0.15) is 0 Å². The molecule has 1 unspecified atom stereocenters. The van der Waals surface area contributed by atoms with E-state index in [1.165, 1.54) is 0 Å². The van der Waals surface area contributed by atoms with Gasteiger partial charge in [-0.1, -0.05) is 6.92 Å². The Balaban J connectivity index is 1.87. The van der Waals surface area contributed by atoms with E-state index in [1.54, 1.807) is 0 Å². The molecule has 0 amide bonds. The Bertz CT molecular complexity index is 272. The first-order valence-corrected chi connectivity index (χ1v) is 5.38. The summed E-state index contributed by atoms with van der Waals surface area (Å²) >= 11 is 0. The predicted octanol–water partition coefficient (Wildman–Crippen LogP) is 1.55. The fourth-order valence-electron chi connectivity index (χ4n) is 2.33. The molecule has 0 aromatic carbocycles. The Morgan fingerprint density at radius 2 is 2.36 bits per heavy atom. The topological polar surface area (TPSA) is 43.4 Å². The number of carbonyl (C=O) groups is 2. The Hall–Kier alpha value is -0.860. The third-order valence-corrected chi connectivity index (χ3v) is 3.43. The zero-order chi connectivity index (χ0) is 10.3. The van der Waals surface area contributed by atoms with Crippen molar-refractivity contribution in [3.05, 3.63) is 0 Å². The zero-order valence-corrected chi connectivity index (χ0v) is 8.66. The number of esters is 1. The number of rotatable bonds is 3. The first-order chi connectivity index (χ1) is 6.65. The molecule has 0 spiro atoms. The van der Waals surface area contributed by atoms with Gasteiger partial charge in [0.15, 0.2) is 0 Å². The van der Waals surface area contributed by atoms with Crippen molar-refractivity contribution in [3.63, 3.8) is 0 Å². The molecule has 0 aliphatic heterocycles. The van der Waals surface area contributed by atoms with Gasteiger partial charge in [0.2, 0.25) is 0 Å². The van der Waals surface area contributed by atoms with Crippen molar-refractivity contribution < 1.29 is 14.3 Å². The third-order valence-electron chi connectivity index (χ3n) is 3.43. The summed E-state index contributed by atoms with van der Waals surface area (Å²) in [6, 6.07) is 0. The van der Waals surface area contributed by atoms with E-state index in [4.69, 9.17) is 4.74 Å². The molecule has 0 radical (unpaired) electrons. The summed E-state index contributed by atoms with van der Waals surface area (Å²) in [5, 5.41) is 0. The van der Waals surface area contributed by atoms with Crippen LogP contribution in [0.2, 0.25) is 0 Å². The van der Waals surface area contributed by atoms with Crippen molar-refractivity contribution in [1.82, 2.24) is 0 Å². The minimum absolute atomic E-state index is 0.0149. The van der Waals surface area contributed by atoms with E-state index in [0.717, 1.165) is 12.8 Å². The summed E-state index contributed by atoms with van der Waals surface area (Å²) in [5.74, 6) is 0.361. The second kappa shape index (κ2) is 3.37. The molecule has 2 aliphatic carbocycles. The second-order valence-corrected chi connectivity index (χ2v) is 4.38. The van der Waals surface area contributed by atoms with E-state index >= 15 is 0 Å². The first kappa shape index (κ1) is 9.69. The van der Waals surface area contributed by atoms with Crippen LogP contribution in [0.5, 0.6) is 0 Å². The van der Waals surface area contributed by atoms with Gasteiger partial charge in [-0.05, 0) is 25.7 Å². The molecule has 78 valence electrons. The van der Waals surface area contributed by atoms with Crippen molar-refractivity contribution in [3.8, 4) is 0 Å². The fraction of sp³-hybridized carbons (Fsp3) is 0.818. The van der Waals surface area contributed by atoms with Gasteiger partial charge in [0.05, 0.1) is 12.0 Å². The second-order valence-electron chi connectivity index (χ2n) is 4.38. The first-order valence-electron chi connectivity index (χ1n) is 5.38. The number of Topliss-reactive ketones (excluding diaryl/α,β-unsaturated/α-hetero) is 1. The minimum atomic E-state index is -0.151.